The average Bonchev–Trinajstić information content (AvgIpc) is 3.11. The third-order valence-electron chi connectivity index (χ3n) is 4.34. The molecule has 1 heterocycles. The van der Waals surface area contributed by atoms with Crippen molar-refractivity contribution in [1.82, 2.24) is 0 Å². The van der Waals surface area contributed by atoms with Gasteiger partial charge in [-0.15, -0.1) is 0 Å². The van der Waals surface area contributed by atoms with E-state index in [9.17, 15) is 18.9 Å². The first-order valence-corrected chi connectivity index (χ1v) is 8.72. The van der Waals surface area contributed by atoms with E-state index < -0.39 is 11.0 Å². The number of furan rings is 1. The highest BCUT2D eigenvalue weighted by Crippen LogP contribution is 2.37. The zero-order valence-electron chi connectivity index (χ0n) is 15.5. The predicted octanol–water partition coefficient (Wildman–Crippen LogP) is 5.88. The van der Waals surface area contributed by atoms with Gasteiger partial charge in [0.1, 0.15) is 17.5 Å². The number of nitro groups is 1. The summed E-state index contributed by atoms with van der Waals surface area (Å²) in [5.41, 5.74) is 0.550. The molecule has 152 valence electrons. The minimum absolute atomic E-state index is 0.0607. The molecule has 4 aromatic rings. The van der Waals surface area contributed by atoms with Crippen molar-refractivity contribution in [2.45, 2.75) is 6.11 Å². The van der Waals surface area contributed by atoms with E-state index in [2.05, 4.69) is 4.99 Å². The monoisotopic (exact) mass is 412 g/mol. The third kappa shape index (κ3) is 3.77. The summed E-state index contributed by atoms with van der Waals surface area (Å²) >= 11 is 0. The second-order valence-electron chi connectivity index (χ2n) is 6.29. The van der Waals surface area contributed by atoms with Crippen LogP contribution in [0.25, 0.3) is 21.9 Å². The van der Waals surface area contributed by atoms with Gasteiger partial charge in [0.15, 0.2) is 11.3 Å². The van der Waals surface area contributed by atoms with Gasteiger partial charge in [-0.1, -0.05) is 12.1 Å². The number of alkyl halides is 2. The Bertz CT molecular complexity index is 1270. The number of para-hydroxylation sites is 1. The van der Waals surface area contributed by atoms with Gasteiger partial charge in [0, 0.05) is 22.9 Å². The Kier molecular flexibility index (Phi) is 4.78. The fourth-order valence-corrected chi connectivity index (χ4v) is 2.95. The fraction of sp³-hybridized carbons (Fsp3) is 0.0952. The van der Waals surface area contributed by atoms with Crippen molar-refractivity contribution in [2.75, 3.05) is 7.11 Å². The summed E-state index contributed by atoms with van der Waals surface area (Å²) in [5.74, 6) is 0.367. The number of rotatable bonds is 6. The lowest BCUT2D eigenvalue weighted by atomic mass is 10.1. The summed E-state index contributed by atoms with van der Waals surface area (Å²) in [7, 11) is 1.50. The second kappa shape index (κ2) is 7.43. The highest BCUT2D eigenvalue weighted by molar-refractivity contribution is 6.07. The van der Waals surface area contributed by atoms with Crippen LogP contribution in [0.2, 0.25) is 0 Å². The molecule has 0 radical (unpaired) electrons. The van der Waals surface area contributed by atoms with Crippen LogP contribution in [0, 0.1) is 10.1 Å². The summed E-state index contributed by atoms with van der Waals surface area (Å²) in [6, 6.07) is 14.7. The van der Waals surface area contributed by atoms with E-state index in [1.165, 1.54) is 49.6 Å². The van der Waals surface area contributed by atoms with Crippen molar-refractivity contribution < 1.29 is 27.6 Å². The number of non-ortho nitro benzene ring substituents is 1. The molecule has 4 rings (SSSR count). The van der Waals surface area contributed by atoms with Crippen molar-refractivity contribution in [3.05, 3.63) is 70.8 Å². The molecule has 0 saturated heterocycles. The molecule has 0 atom stereocenters. The highest BCUT2D eigenvalue weighted by atomic mass is 19.3. The average molecular weight is 412 g/mol. The molecule has 0 amide bonds. The number of fused-ring (bicyclic) bond motifs is 3. The van der Waals surface area contributed by atoms with E-state index in [1.807, 2.05) is 0 Å². The number of benzene rings is 3. The van der Waals surface area contributed by atoms with Crippen LogP contribution in [0.4, 0.5) is 20.2 Å². The Hall–Kier alpha value is -4.01. The first-order chi connectivity index (χ1) is 14.4. The molecule has 0 aliphatic rings. The molecular formula is C21H14F2N2O5. The first kappa shape index (κ1) is 19.3. The number of nitrogens with zero attached hydrogens (tertiary/aromatic N) is 2. The summed E-state index contributed by atoms with van der Waals surface area (Å²) < 4.78 is 44.2. The normalized spacial score (nSPS) is 12.0. The molecule has 1 aromatic heterocycles. The van der Waals surface area contributed by atoms with E-state index in [1.54, 1.807) is 18.2 Å². The van der Waals surface area contributed by atoms with E-state index >= 15 is 0 Å². The maximum atomic E-state index is 14.4. The first-order valence-electron chi connectivity index (χ1n) is 8.72. The highest BCUT2D eigenvalue weighted by Gasteiger charge is 2.31. The maximum absolute atomic E-state index is 14.4. The quantitative estimate of drug-likeness (QED) is 0.224. The number of aliphatic imine (C=N–C) groups is 1. The van der Waals surface area contributed by atoms with Crippen LogP contribution in [-0.4, -0.2) is 24.4 Å². The SMILES string of the molecule is COc1ccc(N=CC(F)(F)Oc2cccc3c2oc2ccc([N+](=O)[O-])cc23)cc1. The second-order valence-corrected chi connectivity index (χ2v) is 6.29. The van der Waals surface area contributed by atoms with Crippen LogP contribution in [0.5, 0.6) is 11.5 Å². The van der Waals surface area contributed by atoms with Crippen molar-refractivity contribution >= 4 is 39.5 Å². The lowest BCUT2D eigenvalue weighted by molar-refractivity contribution is -0.384. The molecule has 0 aliphatic carbocycles. The van der Waals surface area contributed by atoms with Crippen molar-refractivity contribution in [3.8, 4) is 11.5 Å². The minimum atomic E-state index is -3.72. The lowest BCUT2D eigenvalue weighted by Gasteiger charge is -2.13. The largest absolute Gasteiger partial charge is 0.497 e. The van der Waals surface area contributed by atoms with E-state index in [0.29, 0.717) is 34.0 Å². The minimum Gasteiger partial charge on any atom is -0.497 e. The summed E-state index contributed by atoms with van der Waals surface area (Å²) in [4.78, 5) is 14.2. The van der Waals surface area contributed by atoms with Crippen molar-refractivity contribution in [3.63, 3.8) is 0 Å². The van der Waals surface area contributed by atoms with Crippen LogP contribution in [0.3, 0.4) is 0 Å². The third-order valence-corrected chi connectivity index (χ3v) is 4.34. The summed E-state index contributed by atoms with van der Waals surface area (Å²) in [5, 5.41) is 11.9. The Morgan fingerprint density at radius 2 is 1.87 bits per heavy atom. The van der Waals surface area contributed by atoms with Gasteiger partial charge in [-0.25, -0.2) is 0 Å². The van der Waals surface area contributed by atoms with Gasteiger partial charge in [0.05, 0.1) is 17.7 Å². The number of halogens is 2. The fourth-order valence-electron chi connectivity index (χ4n) is 2.95. The zero-order chi connectivity index (χ0) is 21.3. The van der Waals surface area contributed by atoms with Gasteiger partial charge in [0.2, 0.25) is 0 Å². The molecule has 0 fully saturated rings. The van der Waals surface area contributed by atoms with Gasteiger partial charge in [0.25, 0.3) is 5.69 Å². The molecule has 0 bridgehead atoms. The molecule has 0 N–H and O–H groups in total. The van der Waals surface area contributed by atoms with Crippen LogP contribution < -0.4 is 9.47 Å². The maximum Gasteiger partial charge on any atom is 0.437 e. The molecule has 3 aromatic carbocycles. The van der Waals surface area contributed by atoms with Gasteiger partial charge in [-0.2, -0.15) is 8.78 Å². The summed E-state index contributed by atoms with van der Waals surface area (Å²) in [6.07, 6.45) is -3.33. The standard InChI is InChI=1S/C21H14F2N2O5/c1-28-15-8-5-13(6-9-15)24-12-21(22,23)30-19-4-2-3-16-17-11-14(25(26)27)7-10-18(17)29-20(16)19/h2-12H,1H3. The van der Waals surface area contributed by atoms with Crippen LogP contribution in [-0.2, 0) is 0 Å². The number of ether oxygens (including phenoxy) is 2. The Morgan fingerprint density at radius 1 is 1.10 bits per heavy atom. The van der Waals surface area contributed by atoms with Crippen molar-refractivity contribution in [2.24, 2.45) is 4.99 Å². The lowest BCUT2D eigenvalue weighted by Crippen LogP contribution is -2.26. The van der Waals surface area contributed by atoms with Gasteiger partial charge in [-0.3, -0.25) is 15.1 Å². The number of methoxy groups -OCH3 is 1. The molecular weight excluding hydrogens is 398 g/mol. The van der Waals surface area contributed by atoms with E-state index in [0.717, 1.165) is 0 Å². The number of hydrogen-bond donors (Lipinski definition) is 0. The Labute approximate surface area is 168 Å². The molecule has 0 unspecified atom stereocenters. The van der Waals surface area contributed by atoms with E-state index in [-0.39, 0.29) is 17.0 Å². The van der Waals surface area contributed by atoms with Crippen LogP contribution in [0.15, 0.2) is 70.1 Å². The van der Waals surface area contributed by atoms with Crippen LogP contribution in [0.1, 0.15) is 0 Å². The molecule has 9 heteroatoms. The molecule has 0 aliphatic heterocycles. The van der Waals surface area contributed by atoms with Gasteiger partial charge in [-0.05, 0) is 36.4 Å². The predicted molar refractivity (Wildman–Crippen MR) is 107 cm³/mol. The van der Waals surface area contributed by atoms with Gasteiger partial charge < -0.3 is 13.9 Å². The topological polar surface area (TPSA) is 87.1 Å². The molecule has 0 saturated carbocycles. The van der Waals surface area contributed by atoms with E-state index in [4.69, 9.17) is 13.9 Å². The Balaban J connectivity index is 1.65. The Morgan fingerprint density at radius 3 is 2.57 bits per heavy atom. The van der Waals surface area contributed by atoms with Crippen molar-refractivity contribution in [1.29, 1.82) is 0 Å². The summed E-state index contributed by atoms with van der Waals surface area (Å²) in [6.45, 7) is 0. The molecule has 7 nitrogen and oxygen atoms in total. The zero-order valence-corrected chi connectivity index (χ0v) is 15.5. The molecule has 0 spiro atoms. The smallest absolute Gasteiger partial charge is 0.437 e. The van der Waals surface area contributed by atoms with Crippen LogP contribution >= 0.6 is 0 Å². The number of hydrogen-bond acceptors (Lipinski definition) is 6. The molecule has 30 heavy (non-hydrogen) atoms. The number of nitro benzene ring substituents is 1. The van der Waals surface area contributed by atoms with Gasteiger partial charge >= 0.3 is 6.11 Å².